The Kier molecular flexibility index (Phi) is 3.39. The number of carbonyl (C=O) groups is 1. The molecule has 116 valence electrons. The van der Waals surface area contributed by atoms with E-state index in [9.17, 15) is 4.79 Å². The second-order valence-electron chi connectivity index (χ2n) is 5.63. The monoisotopic (exact) mass is 324 g/mol. The van der Waals surface area contributed by atoms with E-state index >= 15 is 0 Å². The van der Waals surface area contributed by atoms with Gasteiger partial charge in [0.25, 0.3) is 5.91 Å². The van der Waals surface area contributed by atoms with Crippen molar-refractivity contribution in [2.24, 2.45) is 0 Å². The van der Waals surface area contributed by atoms with E-state index in [-0.39, 0.29) is 12.0 Å². The van der Waals surface area contributed by atoms with Crippen LogP contribution in [0.1, 0.15) is 34.1 Å². The Morgan fingerprint density at radius 1 is 1.26 bits per heavy atom. The van der Waals surface area contributed by atoms with Gasteiger partial charge in [-0.3, -0.25) is 4.79 Å². The molecule has 0 saturated carbocycles. The van der Waals surface area contributed by atoms with Gasteiger partial charge in [0.15, 0.2) is 0 Å². The Morgan fingerprint density at radius 2 is 2.04 bits per heavy atom. The van der Waals surface area contributed by atoms with Gasteiger partial charge in [0, 0.05) is 23.4 Å². The quantitative estimate of drug-likeness (QED) is 0.723. The van der Waals surface area contributed by atoms with Crippen LogP contribution in [0.4, 0.5) is 5.69 Å². The minimum Gasteiger partial charge on any atom is -0.375 e. The number of nitrogens with zero attached hydrogens (tertiary/aromatic N) is 2. The Hall–Kier alpha value is -2.24. The predicted octanol–water partition coefficient (Wildman–Crippen LogP) is 4.16. The zero-order valence-electron chi connectivity index (χ0n) is 12.9. The molecular weight excluding hydrogens is 308 g/mol. The number of methoxy groups -OCH3 is 1. The van der Waals surface area contributed by atoms with Crippen LogP contribution in [0.15, 0.2) is 41.8 Å². The highest BCUT2D eigenvalue weighted by Crippen LogP contribution is 2.38. The molecule has 3 aromatic rings. The van der Waals surface area contributed by atoms with Crippen LogP contribution in [-0.2, 0) is 11.3 Å². The zero-order chi connectivity index (χ0) is 16.0. The lowest BCUT2D eigenvalue weighted by Gasteiger charge is -2.16. The number of hydrogen-bond donors (Lipinski definition) is 0. The SMILES string of the molecule is COC(C)c1nc(CN2C(=O)c3cccc4cccc2c34)cs1. The molecule has 0 saturated heterocycles. The molecular formula is C18H16N2O2S. The summed E-state index contributed by atoms with van der Waals surface area (Å²) in [5.74, 6) is 0.0474. The number of ether oxygens (including phenoxy) is 1. The van der Waals surface area contributed by atoms with E-state index in [1.807, 2.05) is 53.6 Å². The van der Waals surface area contributed by atoms with Crippen LogP contribution in [0.25, 0.3) is 10.8 Å². The first-order valence-electron chi connectivity index (χ1n) is 7.49. The number of thiazole rings is 1. The number of rotatable bonds is 4. The van der Waals surface area contributed by atoms with E-state index in [1.54, 1.807) is 18.4 Å². The molecule has 1 aliphatic heterocycles. The van der Waals surface area contributed by atoms with Gasteiger partial charge >= 0.3 is 0 Å². The van der Waals surface area contributed by atoms with Crippen LogP contribution in [-0.4, -0.2) is 18.0 Å². The summed E-state index contributed by atoms with van der Waals surface area (Å²) in [6.45, 7) is 2.46. The third kappa shape index (κ3) is 2.24. The minimum atomic E-state index is -0.0244. The number of hydrogen-bond acceptors (Lipinski definition) is 4. The van der Waals surface area contributed by atoms with Gasteiger partial charge in [-0.15, -0.1) is 11.3 Å². The van der Waals surface area contributed by atoms with Gasteiger partial charge in [-0.2, -0.15) is 0 Å². The average Bonchev–Trinajstić information content (AvgIpc) is 3.15. The van der Waals surface area contributed by atoms with Crippen LogP contribution in [0.2, 0.25) is 0 Å². The van der Waals surface area contributed by atoms with Crippen molar-refractivity contribution in [3.8, 4) is 0 Å². The first-order chi connectivity index (χ1) is 11.2. The summed E-state index contributed by atoms with van der Waals surface area (Å²) >= 11 is 1.57. The molecule has 0 bridgehead atoms. The standard InChI is InChI=1S/C18H16N2O2S/c1-11(22-2)17-19-13(10-23-17)9-20-15-8-4-6-12-5-3-7-14(16(12)15)18(20)21/h3-8,10-11H,9H2,1-2H3. The van der Waals surface area contributed by atoms with Crippen molar-refractivity contribution in [1.29, 1.82) is 0 Å². The molecule has 5 heteroatoms. The van der Waals surface area contributed by atoms with Crippen LogP contribution >= 0.6 is 11.3 Å². The van der Waals surface area contributed by atoms with Crippen LogP contribution in [0.5, 0.6) is 0 Å². The van der Waals surface area contributed by atoms with Crippen molar-refractivity contribution in [1.82, 2.24) is 4.98 Å². The fourth-order valence-corrected chi connectivity index (χ4v) is 3.82. The smallest absolute Gasteiger partial charge is 0.259 e. The molecule has 1 unspecified atom stereocenters. The Labute approximate surface area is 138 Å². The summed E-state index contributed by atoms with van der Waals surface area (Å²) in [5, 5.41) is 5.08. The van der Waals surface area contributed by atoms with E-state index in [2.05, 4.69) is 4.98 Å². The maximum Gasteiger partial charge on any atom is 0.259 e. The molecule has 1 amide bonds. The summed E-state index contributed by atoms with van der Waals surface area (Å²) in [6, 6.07) is 11.9. The Bertz CT molecular complexity index is 898. The van der Waals surface area contributed by atoms with E-state index in [1.165, 1.54) is 0 Å². The molecule has 2 heterocycles. The molecule has 0 aliphatic carbocycles. The van der Waals surface area contributed by atoms with E-state index in [0.717, 1.165) is 32.7 Å². The predicted molar refractivity (Wildman–Crippen MR) is 92.0 cm³/mol. The fraction of sp³-hybridized carbons (Fsp3) is 0.222. The van der Waals surface area contributed by atoms with Gasteiger partial charge in [-0.1, -0.05) is 24.3 Å². The van der Waals surface area contributed by atoms with Gasteiger partial charge in [-0.05, 0) is 24.4 Å². The van der Waals surface area contributed by atoms with Crippen LogP contribution in [0.3, 0.4) is 0 Å². The molecule has 1 atom stereocenters. The lowest BCUT2D eigenvalue weighted by atomic mass is 10.1. The van der Waals surface area contributed by atoms with Gasteiger partial charge in [0.1, 0.15) is 11.1 Å². The number of benzene rings is 2. The Balaban J connectivity index is 1.70. The molecule has 4 rings (SSSR count). The molecule has 23 heavy (non-hydrogen) atoms. The highest BCUT2D eigenvalue weighted by molar-refractivity contribution is 7.09. The normalized spacial score (nSPS) is 14.7. The summed E-state index contributed by atoms with van der Waals surface area (Å²) < 4.78 is 5.31. The molecule has 0 spiro atoms. The summed E-state index contributed by atoms with van der Waals surface area (Å²) in [4.78, 5) is 19.2. The highest BCUT2D eigenvalue weighted by Gasteiger charge is 2.30. The van der Waals surface area contributed by atoms with Crippen molar-refractivity contribution in [2.45, 2.75) is 19.6 Å². The van der Waals surface area contributed by atoms with Crippen molar-refractivity contribution in [2.75, 3.05) is 12.0 Å². The first kappa shape index (κ1) is 14.4. The molecule has 0 N–H and O–H groups in total. The van der Waals surface area contributed by atoms with Gasteiger partial charge in [0.2, 0.25) is 0 Å². The zero-order valence-corrected chi connectivity index (χ0v) is 13.8. The maximum absolute atomic E-state index is 12.8. The number of amides is 1. The minimum absolute atomic E-state index is 0.0244. The molecule has 2 aromatic carbocycles. The Morgan fingerprint density at radius 3 is 2.83 bits per heavy atom. The van der Waals surface area contributed by atoms with E-state index in [0.29, 0.717) is 6.54 Å². The summed E-state index contributed by atoms with van der Waals surface area (Å²) in [5.41, 5.74) is 2.64. The largest absolute Gasteiger partial charge is 0.375 e. The van der Waals surface area contributed by atoms with Gasteiger partial charge in [-0.25, -0.2) is 4.98 Å². The lowest BCUT2D eigenvalue weighted by molar-refractivity contribution is 0.0991. The summed E-state index contributed by atoms with van der Waals surface area (Å²) in [6.07, 6.45) is -0.0244. The average molecular weight is 324 g/mol. The number of anilines is 1. The van der Waals surface area contributed by atoms with Crippen molar-refractivity contribution >= 4 is 33.7 Å². The highest BCUT2D eigenvalue weighted by atomic mass is 32.1. The van der Waals surface area contributed by atoms with Gasteiger partial charge < -0.3 is 9.64 Å². The molecule has 1 aliphatic rings. The maximum atomic E-state index is 12.8. The van der Waals surface area contributed by atoms with Crippen molar-refractivity contribution in [3.63, 3.8) is 0 Å². The number of aromatic nitrogens is 1. The van der Waals surface area contributed by atoms with Gasteiger partial charge in [0.05, 0.1) is 17.9 Å². The fourth-order valence-electron chi connectivity index (χ4n) is 2.98. The summed E-state index contributed by atoms with van der Waals surface area (Å²) in [7, 11) is 1.67. The molecule has 4 nitrogen and oxygen atoms in total. The van der Waals surface area contributed by atoms with Crippen molar-refractivity contribution < 1.29 is 9.53 Å². The van der Waals surface area contributed by atoms with Crippen LogP contribution < -0.4 is 4.90 Å². The second kappa shape index (κ2) is 5.44. The first-order valence-corrected chi connectivity index (χ1v) is 8.37. The third-order valence-electron chi connectivity index (χ3n) is 4.24. The van der Waals surface area contributed by atoms with Crippen LogP contribution in [0, 0.1) is 0 Å². The lowest BCUT2D eigenvalue weighted by Crippen LogP contribution is -2.26. The van der Waals surface area contributed by atoms with E-state index < -0.39 is 0 Å². The third-order valence-corrected chi connectivity index (χ3v) is 5.29. The molecule has 1 aromatic heterocycles. The molecule has 0 radical (unpaired) electrons. The topological polar surface area (TPSA) is 42.4 Å². The molecule has 0 fully saturated rings. The number of carbonyl (C=O) groups excluding carboxylic acids is 1. The second-order valence-corrected chi connectivity index (χ2v) is 6.52. The van der Waals surface area contributed by atoms with Crippen molar-refractivity contribution in [3.05, 3.63) is 58.0 Å². The van der Waals surface area contributed by atoms with E-state index in [4.69, 9.17) is 4.74 Å².